The van der Waals surface area contributed by atoms with E-state index in [0.29, 0.717) is 11.4 Å². The molecule has 0 unspecified atom stereocenters. The average Bonchev–Trinajstić information content (AvgIpc) is 2.46. The van der Waals surface area contributed by atoms with E-state index in [1.54, 1.807) is 18.3 Å². The first-order chi connectivity index (χ1) is 8.76. The van der Waals surface area contributed by atoms with Crippen LogP contribution in [0.4, 0.5) is 11.5 Å². The van der Waals surface area contributed by atoms with Gasteiger partial charge >= 0.3 is 0 Å². The second-order valence-electron chi connectivity index (χ2n) is 4.11. The number of pyridine rings is 1. The van der Waals surface area contributed by atoms with Crippen molar-refractivity contribution in [2.24, 2.45) is 0 Å². The molecule has 92 valence electrons. The zero-order valence-corrected chi connectivity index (χ0v) is 10.6. The van der Waals surface area contributed by atoms with Crippen LogP contribution >= 0.6 is 0 Å². The van der Waals surface area contributed by atoms with E-state index < -0.39 is 0 Å². The maximum Gasteiger partial charge on any atom is 0.153 e. The van der Waals surface area contributed by atoms with E-state index in [0.717, 1.165) is 18.4 Å². The van der Waals surface area contributed by atoms with Crippen LogP contribution in [0.1, 0.15) is 22.8 Å². The normalized spacial score (nSPS) is 10.1. The molecule has 1 heterocycles. The molecule has 0 fully saturated rings. The Morgan fingerprint density at radius 3 is 2.56 bits per heavy atom. The summed E-state index contributed by atoms with van der Waals surface area (Å²) in [5, 5.41) is 0. The Balaban J connectivity index is 2.34. The number of carbonyl (C=O) groups excluding carboxylic acids is 1. The molecule has 18 heavy (non-hydrogen) atoms. The van der Waals surface area contributed by atoms with Gasteiger partial charge in [-0.3, -0.25) is 4.79 Å². The standard InChI is InChI=1S/C15H16N2O/c1-3-12-6-8-14(9-7-12)17(2)15-13(11-18)5-4-10-16-15/h4-11H,3H2,1-2H3. The van der Waals surface area contributed by atoms with Crippen LogP contribution in [0.15, 0.2) is 42.6 Å². The molecule has 2 aromatic rings. The predicted molar refractivity (Wildman–Crippen MR) is 73.5 cm³/mol. The quantitative estimate of drug-likeness (QED) is 0.769. The van der Waals surface area contributed by atoms with Gasteiger partial charge < -0.3 is 4.90 Å². The number of rotatable bonds is 4. The largest absolute Gasteiger partial charge is 0.329 e. The minimum Gasteiger partial charge on any atom is -0.329 e. The molecule has 0 amide bonds. The summed E-state index contributed by atoms with van der Waals surface area (Å²) in [5.74, 6) is 0.678. The third-order valence-corrected chi connectivity index (χ3v) is 2.99. The SMILES string of the molecule is CCc1ccc(N(C)c2ncccc2C=O)cc1. The highest BCUT2D eigenvalue weighted by Gasteiger charge is 2.09. The lowest BCUT2D eigenvalue weighted by atomic mass is 10.1. The van der Waals surface area contributed by atoms with E-state index in [-0.39, 0.29) is 0 Å². The summed E-state index contributed by atoms with van der Waals surface area (Å²) in [6, 6.07) is 11.8. The number of aryl methyl sites for hydroxylation is 1. The summed E-state index contributed by atoms with van der Waals surface area (Å²) in [6.45, 7) is 2.13. The highest BCUT2D eigenvalue weighted by molar-refractivity contribution is 5.84. The molecule has 0 aliphatic rings. The van der Waals surface area contributed by atoms with Crippen molar-refractivity contribution < 1.29 is 4.79 Å². The van der Waals surface area contributed by atoms with Crippen LogP contribution in [0.25, 0.3) is 0 Å². The number of hydrogen-bond donors (Lipinski definition) is 0. The second-order valence-corrected chi connectivity index (χ2v) is 4.11. The van der Waals surface area contributed by atoms with E-state index >= 15 is 0 Å². The van der Waals surface area contributed by atoms with Gasteiger partial charge in [-0.1, -0.05) is 19.1 Å². The first-order valence-corrected chi connectivity index (χ1v) is 5.99. The third-order valence-electron chi connectivity index (χ3n) is 2.99. The van der Waals surface area contributed by atoms with E-state index in [1.807, 2.05) is 24.1 Å². The van der Waals surface area contributed by atoms with Gasteiger partial charge in [-0.25, -0.2) is 4.98 Å². The molecule has 0 aliphatic carbocycles. The van der Waals surface area contributed by atoms with Gasteiger partial charge in [-0.15, -0.1) is 0 Å². The maximum atomic E-state index is 11.0. The first-order valence-electron chi connectivity index (χ1n) is 5.99. The van der Waals surface area contributed by atoms with E-state index in [4.69, 9.17) is 0 Å². The molecule has 0 bridgehead atoms. The van der Waals surface area contributed by atoms with Crippen molar-refractivity contribution in [3.8, 4) is 0 Å². The van der Waals surface area contributed by atoms with Crippen molar-refractivity contribution >= 4 is 17.8 Å². The lowest BCUT2D eigenvalue weighted by molar-refractivity contribution is 0.112. The van der Waals surface area contributed by atoms with E-state index in [1.165, 1.54) is 5.56 Å². The number of nitrogens with zero attached hydrogens (tertiary/aromatic N) is 2. The molecule has 0 radical (unpaired) electrons. The van der Waals surface area contributed by atoms with Crippen molar-refractivity contribution in [3.05, 3.63) is 53.7 Å². The molecule has 0 aliphatic heterocycles. The molecular weight excluding hydrogens is 224 g/mol. The van der Waals surface area contributed by atoms with E-state index in [2.05, 4.69) is 24.0 Å². The number of carbonyl (C=O) groups is 1. The Morgan fingerprint density at radius 1 is 1.22 bits per heavy atom. The summed E-state index contributed by atoms with van der Waals surface area (Å²) in [7, 11) is 1.91. The lowest BCUT2D eigenvalue weighted by Crippen LogP contribution is -2.13. The zero-order chi connectivity index (χ0) is 13.0. The molecule has 0 saturated heterocycles. The molecule has 3 nitrogen and oxygen atoms in total. The first kappa shape index (κ1) is 12.3. The van der Waals surface area contributed by atoms with Gasteiger partial charge in [-0.05, 0) is 36.2 Å². The average molecular weight is 240 g/mol. The van der Waals surface area contributed by atoms with Crippen molar-refractivity contribution in [2.75, 3.05) is 11.9 Å². The van der Waals surface area contributed by atoms with Gasteiger partial charge in [0.2, 0.25) is 0 Å². The van der Waals surface area contributed by atoms with Crippen LogP contribution in [-0.4, -0.2) is 18.3 Å². The Morgan fingerprint density at radius 2 is 1.94 bits per heavy atom. The van der Waals surface area contributed by atoms with Crippen LogP contribution < -0.4 is 4.90 Å². The minimum absolute atomic E-state index is 0.597. The molecule has 1 aromatic heterocycles. The monoisotopic (exact) mass is 240 g/mol. The number of aldehydes is 1. The Labute approximate surface area is 107 Å². The maximum absolute atomic E-state index is 11.0. The topological polar surface area (TPSA) is 33.2 Å². The third kappa shape index (κ3) is 2.40. The molecule has 2 rings (SSSR count). The zero-order valence-electron chi connectivity index (χ0n) is 10.6. The molecule has 1 aromatic carbocycles. The molecule has 0 N–H and O–H groups in total. The molecular formula is C15H16N2O. The van der Waals surface area contributed by atoms with Gasteiger partial charge in [-0.2, -0.15) is 0 Å². The fraction of sp³-hybridized carbons (Fsp3) is 0.200. The Hall–Kier alpha value is -2.16. The summed E-state index contributed by atoms with van der Waals surface area (Å²) in [4.78, 5) is 17.2. The van der Waals surface area contributed by atoms with Gasteiger partial charge in [0.1, 0.15) is 5.82 Å². The number of aromatic nitrogens is 1. The highest BCUT2D eigenvalue weighted by Crippen LogP contribution is 2.24. The summed E-state index contributed by atoms with van der Waals surface area (Å²) in [6.07, 6.45) is 3.55. The van der Waals surface area contributed by atoms with Gasteiger partial charge in [0, 0.05) is 18.9 Å². The van der Waals surface area contributed by atoms with Crippen LogP contribution in [0.5, 0.6) is 0 Å². The molecule has 0 spiro atoms. The van der Waals surface area contributed by atoms with Crippen molar-refractivity contribution in [2.45, 2.75) is 13.3 Å². The fourth-order valence-electron chi connectivity index (χ4n) is 1.86. The smallest absolute Gasteiger partial charge is 0.153 e. The number of hydrogen-bond acceptors (Lipinski definition) is 3. The summed E-state index contributed by atoms with van der Waals surface area (Å²) >= 11 is 0. The molecule has 3 heteroatoms. The predicted octanol–water partition coefficient (Wildman–Crippen LogP) is 3.22. The number of benzene rings is 1. The van der Waals surface area contributed by atoms with Crippen molar-refractivity contribution in [1.82, 2.24) is 4.98 Å². The highest BCUT2D eigenvalue weighted by atomic mass is 16.1. The lowest BCUT2D eigenvalue weighted by Gasteiger charge is -2.19. The summed E-state index contributed by atoms with van der Waals surface area (Å²) in [5.41, 5.74) is 2.91. The second kappa shape index (κ2) is 5.45. The van der Waals surface area contributed by atoms with Gasteiger partial charge in [0.15, 0.2) is 6.29 Å². The van der Waals surface area contributed by atoms with Gasteiger partial charge in [0.25, 0.3) is 0 Å². The van der Waals surface area contributed by atoms with Gasteiger partial charge in [0.05, 0.1) is 5.56 Å². The Kier molecular flexibility index (Phi) is 3.72. The fourth-order valence-corrected chi connectivity index (χ4v) is 1.86. The van der Waals surface area contributed by atoms with Crippen LogP contribution in [0.3, 0.4) is 0 Å². The number of anilines is 2. The van der Waals surface area contributed by atoms with Crippen LogP contribution in [-0.2, 0) is 6.42 Å². The van der Waals surface area contributed by atoms with Crippen molar-refractivity contribution in [3.63, 3.8) is 0 Å². The van der Waals surface area contributed by atoms with Crippen molar-refractivity contribution in [1.29, 1.82) is 0 Å². The minimum atomic E-state index is 0.597. The van der Waals surface area contributed by atoms with E-state index in [9.17, 15) is 4.79 Å². The molecule has 0 saturated carbocycles. The van der Waals surface area contributed by atoms with Crippen LogP contribution in [0.2, 0.25) is 0 Å². The molecule has 0 atom stereocenters. The summed E-state index contributed by atoms with van der Waals surface area (Å²) < 4.78 is 0. The van der Waals surface area contributed by atoms with Crippen LogP contribution in [0, 0.1) is 0 Å². The Bertz CT molecular complexity index is 534.